The van der Waals surface area contributed by atoms with Crippen molar-refractivity contribution in [3.8, 4) is 11.4 Å². The molecule has 3 rings (SSSR count). The highest BCUT2D eigenvalue weighted by Gasteiger charge is 2.12. The Hall–Kier alpha value is -2.88. The Morgan fingerprint density at radius 1 is 1.35 bits per heavy atom. The Bertz CT molecular complexity index is 1100. The lowest BCUT2D eigenvalue weighted by Crippen LogP contribution is -2.27. The van der Waals surface area contributed by atoms with Gasteiger partial charge in [-0.15, -0.1) is 0 Å². The Morgan fingerprint density at radius 3 is 2.84 bits per heavy atom. The van der Waals surface area contributed by atoms with Gasteiger partial charge in [0.15, 0.2) is 5.11 Å². The third kappa shape index (κ3) is 5.63. The summed E-state index contributed by atoms with van der Waals surface area (Å²) < 4.78 is 7.32. The van der Waals surface area contributed by atoms with Crippen LogP contribution in [0, 0.1) is 6.92 Å². The molecular formula is C22H28N6O2S. The maximum atomic E-state index is 8.84. The summed E-state index contributed by atoms with van der Waals surface area (Å²) in [5, 5.41) is 15.9. The van der Waals surface area contributed by atoms with Crippen LogP contribution in [0.1, 0.15) is 23.1 Å². The molecule has 0 fully saturated rings. The van der Waals surface area contributed by atoms with E-state index in [1.54, 1.807) is 25.8 Å². The topological polar surface area (TPSA) is 102 Å². The van der Waals surface area contributed by atoms with E-state index < -0.39 is 0 Å². The number of imidazole rings is 1. The Kier molecular flexibility index (Phi) is 7.67. The lowest BCUT2D eigenvalue weighted by molar-refractivity contribution is 0.0909. The predicted octanol–water partition coefficient (Wildman–Crippen LogP) is 2.39. The van der Waals surface area contributed by atoms with Gasteiger partial charge in [-0.3, -0.25) is 0 Å². The minimum atomic E-state index is 0.0447. The van der Waals surface area contributed by atoms with Crippen LogP contribution in [0.25, 0.3) is 22.3 Å². The third-order valence-corrected chi connectivity index (χ3v) is 5.30. The summed E-state index contributed by atoms with van der Waals surface area (Å²) in [6.07, 6.45) is 7.06. The van der Waals surface area contributed by atoms with E-state index in [4.69, 9.17) is 32.8 Å². The SMILES string of the molecule is Cc1cc2nc(-c3cncn3C)cc(C=NN(C)C(N)=S)c2cc1CCCOCCO. The maximum Gasteiger partial charge on any atom is 0.186 e. The first-order chi connectivity index (χ1) is 14.9. The average molecular weight is 441 g/mol. The van der Waals surface area contributed by atoms with Gasteiger partial charge in [0.1, 0.15) is 0 Å². The number of pyridine rings is 1. The largest absolute Gasteiger partial charge is 0.394 e. The quantitative estimate of drug-likeness (QED) is 0.228. The molecular weight excluding hydrogens is 412 g/mol. The third-order valence-electron chi connectivity index (χ3n) is 5.04. The van der Waals surface area contributed by atoms with Gasteiger partial charge in [0.05, 0.1) is 48.9 Å². The number of hydrogen-bond acceptors (Lipinski definition) is 6. The highest BCUT2D eigenvalue weighted by Crippen LogP contribution is 2.27. The van der Waals surface area contributed by atoms with Gasteiger partial charge < -0.3 is 20.1 Å². The van der Waals surface area contributed by atoms with Crippen molar-refractivity contribution >= 4 is 34.4 Å². The number of aliphatic hydroxyl groups excluding tert-OH is 1. The average Bonchev–Trinajstić information content (AvgIpc) is 3.17. The van der Waals surface area contributed by atoms with Crippen LogP contribution in [0.4, 0.5) is 0 Å². The maximum absolute atomic E-state index is 8.84. The van der Waals surface area contributed by atoms with E-state index in [1.165, 1.54) is 16.1 Å². The number of fused-ring (bicyclic) bond motifs is 1. The summed E-state index contributed by atoms with van der Waals surface area (Å²) in [7, 11) is 3.65. The molecule has 0 aliphatic carbocycles. The van der Waals surface area contributed by atoms with Crippen LogP contribution in [0.5, 0.6) is 0 Å². The molecule has 0 aliphatic heterocycles. The second kappa shape index (κ2) is 10.4. The van der Waals surface area contributed by atoms with Gasteiger partial charge in [-0.1, -0.05) is 0 Å². The van der Waals surface area contributed by atoms with Crippen LogP contribution in [0.2, 0.25) is 0 Å². The van der Waals surface area contributed by atoms with E-state index in [2.05, 4.69) is 29.1 Å². The van der Waals surface area contributed by atoms with Gasteiger partial charge in [0, 0.05) is 31.7 Å². The van der Waals surface area contributed by atoms with Gasteiger partial charge in [-0.05, 0) is 61.3 Å². The van der Waals surface area contributed by atoms with Gasteiger partial charge in [-0.25, -0.2) is 15.0 Å². The van der Waals surface area contributed by atoms with E-state index in [1.807, 2.05) is 17.7 Å². The number of hydrazone groups is 1. The van der Waals surface area contributed by atoms with Crippen LogP contribution >= 0.6 is 12.2 Å². The Labute approximate surface area is 187 Å². The highest BCUT2D eigenvalue weighted by molar-refractivity contribution is 7.80. The molecule has 2 aromatic heterocycles. The second-order valence-electron chi connectivity index (χ2n) is 7.33. The molecule has 0 saturated carbocycles. The molecule has 31 heavy (non-hydrogen) atoms. The number of ether oxygens (including phenoxy) is 1. The molecule has 3 aromatic rings. The number of aromatic nitrogens is 3. The van der Waals surface area contributed by atoms with Crippen molar-refractivity contribution < 1.29 is 9.84 Å². The molecule has 0 radical (unpaired) electrons. The van der Waals surface area contributed by atoms with Crippen molar-refractivity contribution in [2.45, 2.75) is 19.8 Å². The summed E-state index contributed by atoms with van der Waals surface area (Å²) in [5.74, 6) is 0. The first-order valence-electron chi connectivity index (χ1n) is 10.1. The van der Waals surface area contributed by atoms with E-state index in [-0.39, 0.29) is 11.7 Å². The zero-order valence-corrected chi connectivity index (χ0v) is 18.9. The van der Waals surface area contributed by atoms with Gasteiger partial charge in [0.25, 0.3) is 0 Å². The minimum absolute atomic E-state index is 0.0447. The lowest BCUT2D eigenvalue weighted by atomic mass is 9.98. The Balaban J connectivity index is 2.03. The summed E-state index contributed by atoms with van der Waals surface area (Å²) in [6.45, 7) is 3.12. The molecule has 0 atom stereocenters. The van der Waals surface area contributed by atoms with Crippen molar-refractivity contribution in [3.05, 3.63) is 47.4 Å². The molecule has 0 bridgehead atoms. The van der Waals surface area contributed by atoms with E-state index in [0.29, 0.717) is 13.2 Å². The van der Waals surface area contributed by atoms with Crippen LogP contribution in [-0.4, -0.2) is 62.8 Å². The standard InChI is InChI=1S/C22H28N6O2S/c1-15-9-19-18(10-16(15)5-4-7-30-8-6-29)17(12-25-28(3)22(23)31)11-20(26-19)21-13-24-14-27(21)2/h9-14,29H,4-8H2,1-3H3,(H2,23,31). The van der Waals surface area contributed by atoms with Crippen LogP contribution in [0.3, 0.4) is 0 Å². The monoisotopic (exact) mass is 440 g/mol. The number of aryl methyl sites for hydroxylation is 3. The van der Waals surface area contributed by atoms with Gasteiger partial charge >= 0.3 is 0 Å². The molecule has 164 valence electrons. The van der Waals surface area contributed by atoms with Crippen molar-refractivity contribution in [3.63, 3.8) is 0 Å². The number of nitrogens with zero attached hydrogens (tertiary/aromatic N) is 5. The second-order valence-corrected chi connectivity index (χ2v) is 7.75. The van der Waals surface area contributed by atoms with Crippen LogP contribution < -0.4 is 5.73 Å². The summed E-state index contributed by atoms with van der Waals surface area (Å²) >= 11 is 4.99. The van der Waals surface area contributed by atoms with Gasteiger partial charge in [-0.2, -0.15) is 5.10 Å². The lowest BCUT2D eigenvalue weighted by Gasteiger charge is -2.13. The smallest absolute Gasteiger partial charge is 0.186 e. The number of aliphatic hydroxyl groups is 1. The first kappa shape index (κ1) is 22.8. The number of benzene rings is 1. The summed E-state index contributed by atoms with van der Waals surface area (Å²) in [6, 6.07) is 6.27. The number of thiocarbonyl (C=S) groups is 1. The number of hydrogen-bond donors (Lipinski definition) is 2. The summed E-state index contributed by atoms with van der Waals surface area (Å²) in [5.41, 5.74) is 11.6. The summed E-state index contributed by atoms with van der Waals surface area (Å²) in [4.78, 5) is 9.10. The van der Waals surface area contributed by atoms with E-state index >= 15 is 0 Å². The molecule has 1 aromatic carbocycles. The Morgan fingerprint density at radius 2 is 2.16 bits per heavy atom. The van der Waals surface area contributed by atoms with Crippen molar-refractivity contribution in [2.75, 3.05) is 26.9 Å². The van der Waals surface area contributed by atoms with Crippen LogP contribution in [0.15, 0.2) is 35.8 Å². The molecule has 0 amide bonds. The van der Waals surface area contributed by atoms with Crippen molar-refractivity contribution in [1.29, 1.82) is 0 Å². The molecule has 0 spiro atoms. The number of rotatable bonds is 9. The fourth-order valence-corrected chi connectivity index (χ4v) is 3.34. The normalized spacial score (nSPS) is 11.5. The zero-order chi connectivity index (χ0) is 22.4. The fourth-order valence-electron chi connectivity index (χ4n) is 3.30. The molecule has 8 nitrogen and oxygen atoms in total. The van der Waals surface area contributed by atoms with Crippen molar-refractivity contribution in [2.24, 2.45) is 17.9 Å². The fraction of sp³-hybridized carbons (Fsp3) is 0.364. The molecule has 9 heteroatoms. The van der Waals surface area contributed by atoms with Crippen LogP contribution in [-0.2, 0) is 18.2 Å². The van der Waals surface area contributed by atoms with Crippen molar-refractivity contribution in [1.82, 2.24) is 19.5 Å². The van der Waals surface area contributed by atoms with E-state index in [0.717, 1.165) is 40.7 Å². The molecule has 2 heterocycles. The predicted molar refractivity (Wildman–Crippen MR) is 127 cm³/mol. The van der Waals surface area contributed by atoms with Gasteiger partial charge in [0.2, 0.25) is 0 Å². The molecule has 0 aliphatic rings. The first-order valence-corrected chi connectivity index (χ1v) is 10.5. The molecule has 3 N–H and O–H groups in total. The number of nitrogens with two attached hydrogens (primary N) is 1. The molecule has 0 unspecified atom stereocenters. The molecule has 0 saturated heterocycles. The minimum Gasteiger partial charge on any atom is -0.394 e. The van der Waals surface area contributed by atoms with E-state index in [9.17, 15) is 0 Å². The zero-order valence-electron chi connectivity index (χ0n) is 18.1. The highest BCUT2D eigenvalue weighted by atomic mass is 32.1.